The first-order valence-corrected chi connectivity index (χ1v) is 8.73. The minimum atomic E-state index is -0.215. The average molecular weight is 392 g/mol. The van der Waals surface area contributed by atoms with Gasteiger partial charge in [0.2, 0.25) is 0 Å². The molecule has 0 spiro atoms. The molecule has 2 rings (SSSR count). The maximum Gasteiger partial charge on any atom is 0.266 e. The van der Waals surface area contributed by atoms with E-state index >= 15 is 0 Å². The highest BCUT2D eigenvalue weighted by Gasteiger charge is 2.23. The highest BCUT2D eigenvalue weighted by molar-refractivity contribution is 9.10. The molecule has 128 valence electrons. The molecule has 1 heterocycles. The molecule has 3 N–H and O–H groups in total. The molecule has 0 unspecified atom stereocenters. The molecular weight excluding hydrogens is 370 g/mol. The van der Waals surface area contributed by atoms with Gasteiger partial charge in [-0.1, -0.05) is 28.1 Å². The molecule has 1 amide bonds. The summed E-state index contributed by atoms with van der Waals surface area (Å²) in [4.78, 5) is 16.4. The Hall–Kier alpha value is -1.88. The lowest BCUT2D eigenvalue weighted by Gasteiger charge is -2.34. The Morgan fingerprint density at radius 2 is 1.96 bits per heavy atom. The number of piperazine rings is 1. The molecule has 0 atom stereocenters. The van der Waals surface area contributed by atoms with Crippen molar-refractivity contribution in [1.82, 2.24) is 15.1 Å². The molecule has 0 aliphatic carbocycles. The van der Waals surface area contributed by atoms with Crippen molar-refractivity contribution in [2.75, 3.05) is 39.3 Å². The molecule has 0 radical (unpaired) electrons. The summed E-state index contributed by atoms with van der Waals surface area (Å²) in [6, 6.07) is 9.87. The lowest BCUT2D eigenvalue weighted by molar-refractivity contribution is -0.128. The molecule has 24 heavy (non-hydrogen) atoms. The molecule has 0 saturated carbocycles. The Kier molecular flexibility index (Phi) is 7.25. The summed E-state index contributed by atoms with van der Waals surface area (Å²) in [6.07, 6.45) is 1.51. The summed E-state index contributed by atoms with van der Waals surface area (Å²) in [5, 5.41) is 12.3. The van der Waals surface area contributed by atoms with Gasteiger partial charge in [0.05, 0.1) is 0 Å². The third-order valence-electron chi connectivity index (χ3n) is 3.92. The standard InChI is InChI=1S/C17H22BrN5O/c18-16-3-1-14(2-4-16)12-21-13-15(11-20)17(24)23-9-7-22(6-5-19)8-10-23/h1-4,13,21H,5-10,12,19H2/b15-13-. The minimum absolute atomic E-state index is 0.138. The van der Waals surface area contributed by atoms with Crippen LogP contribution in [0.25, 0.3) is 0 Å². The van der Waals surface area contributed by atoms with Crippen LogP contribution in [0.5, 0.6) is 0 Å². The van der Waals surface area contributed by atoms with Gasteiger partial charge in [0.1, 0.15) is 11.6 Å². The fourth-order valence-electron chi connectivity index (χ4n) is 2.54. The second-order valence-corrected chi connectivity index (χ2v) is 6.52. The van der Waals surface area contributed by atoms with E-state index in [9.17, 15) is 10.1 Å². The number of nitriles is 1. The van der Waals surface area contributed by atoms with E-state index < -0.39 is 0 Å². The molecule has 0 bridgehead atoms. The van der Waals surface area contributed by atoms with Gasteiger partial charge in [0.15, 0.2) is 0 Å². The number of carbonyl (C=O) groups is 1. The molecule has 1 fully saturated rings. The second kappa shape index (κ2) is 9.42. The van der Waals surface area contributed by atoms with Gasteiger partial charge in [-0.15, -0.1) is 0 Å². The number of benzene rings is 1. The average Bonchev–Trinajstić information content (AvgIpc) is 2.61. The van der Waals surface area contributed by atoms with Crippen LogP contribution in [-0.2, 0) is 11.3 Å². The van der Waals surface area contributed by atoms with E-state index in [1.54, 1.807) is 4.90 Å². The normalized spacial score (nSPS) is 15.9. The van der Waals surface area contributed by atoms with Crippen molar-refractivity contribution in [3.63, 3.8) is 0 Å². The first kappa shape index (κ1) is 18.5. The maximum atomic E-state index is 12.4. The Labute approximate surface area is 151 Å². The Morgan fingerprint density at radius 1 is 1.29 bits per heavy atom. The second-order valence-electron chi connectivity index (χ2n) is 5.60. The molecule has 6 nitrogen and oxygen atoms in total. The summed E-state index contributed by atoms with van der Waals surface area (Å²) in [5.74, 6) is -0.215. The van der Waals surface area contributed by atoms with Crippen LogP contribution in [0.15, 0.2) is 40.5 Å². The first-order chi connectivity index (χ1) is 11.6. The van der Waals surface area contributed by atoms with Gasteiger partial charge in [0.25, 0.3) is 5.91 Å². The van der Waals surface area contributed by atoms with Crippen LogP contribution in [-0.4, -0.2) is 55.0 Å². The predicted octanol–water partition coefficient (Wildman–Crippen LogP) is 1.05. The molecule has 0 aromatic heterocycles. The van der Waals surface area contributed by atoms with Crippen molar-refractivity contribution in [3.8, 4) is 6.07 Å². The van der Waals surface area contributed by atoms with Crippen LogP contribution < -0.4 is 11.1 Å². The number of rotatable bonds is 6. The van der Waals surface area contributed by atoms with Gasteiger partial charge in [-0.3, -0.25) is 9.69 Å². The molecule has 1 saturated heterocycles. The van der Waals surface area contributed by atoms with Gasteiger partial charge in [0, 0.05) is 56.5 Å². The fraction of sp³-hybridized carbons (Fsp3) is 0.412. The Morgan fingerprint density at radius 3 is 2.54 bits per heavy atom. The summed E-state index contributed by atoms with van der Waals surface area (Å²) in [7, 11) is 0. The molecule has 7 heteroatoms. The summed E-state index contributed by atoms with van der Waals surface area (Å²) in [6.45, 7) is 4.89. The van der Waals surface area contributed by atoms with Crippen molar-refractivity contribution in [1.29, 1.82) is 5.26 Å². The van der Waals surface area contributed by atoms with E-state index in [4.69, 9.17) is 5.73 Å². The zero-order chi connectivity index (χ0) is 17.4. The van der Waals surface area contributed by atoms with Crippen molar-refractivity contribution < 1.29 is 4.79 Å². The SMILES string of the molecule is N#C/C(=C/NCc1ccc(Br)cc1)C(=O)N1CCN(CCN)CC1. The van der Waals surface area contributed by atoms with Crippen LogP contribution >= 0.6 is 15.9 Å². The van der Waals surface area contributed by atoms with Crippen molar-refractivity contribution >= 4 is 21.8 Å². The molecule has 1 aliphatic rings. The smallest absolute Gasteiger partial charge is 0.266 e. The van der Waals surface area contributed by atoms with Crippen LogP contribution in [0.1, 0.15) is 5.56 Å². The molecule has 1 aliphatic heterocycles. The quantitative estimate of drug-likeness (QED) is 0.559. The predicted molar refractivity (Wildman–Crippen MR) is 96.8 cm³/mol. The van der Waals surface area contributed by atoms with Crippen molar-refractivity contribution in [3.05, 3.63) is 46.1 Å². The highest BCUT2D eigenvalue weighted by atomic mass is 79.9. The number of hydrogen-bond donors (Lipinski definition) is 2. The topological polar surface area (TPSA) is 85.4 Å². The van der Waals surface area contributed by atoms with Gasteiger partial charge in [-0.25, -0.2) is 0 Å². The highest BCUT2D eigenvalue weighted by Crippen LogP contribution is 2.10. The number of hydrogen-bond acceptors (Lipinski definition) is 5. The fourth-order valence-corrected chi connectivity index (χ4v) is 2.81. The Balaban J connectivity index is 1.87. The monoisotopic (exact) mass is 391 g/mol. The number of nitrogens with two attached hydrogens (primary N) is 1. The van der Waals surface area contributed by atoms with Gasteiger partial charge in [-0.2, -0.15) is 5.26 Å². The lowest BCUT2D eigenvalue weighted by Crippen LogP contribution is -2.50. The first-order valence-electron chi connectivity index (χ1n) is 7.94. The van der Waals surface area contributed by atoms with Crippen LogP contribution in [0.4, 0.5) is 0 Å². The molecule has 1 aromatic rings. The van der Waals surface area contributed by atoms with E-state index in [1.165, 1.54) is 6.20 Å². The van der Waals surface area contributed by atoms with E-state index in [0.29, 0.717) is 26.2 Å². The van der Waals surface area contributed by atoms with Crippen molar-refractivity contribution in [2.24, 2.45) is 5.73 Å². The van der Waals surface area contributed by atoms with E-state index in [2.05, 4.69) is 26.1 Å². The van der Waals surface area contributed by atoms with Crippen LogP contribution in [0.2, 0.25) is 0 Å². The van der Waals surface area contributed by atoms with E-state index in [0.717, 1.165) is 29.7 Å². The maximum absolute atomic E-state index is 12.4. The number of halogens is 1. The third kappa shape index (κ3) is 5.34. The largest absolute Gasteiger partial charge is 0.386 e. The van der Waals surface area contributed by atoms with Gasteiger partial charge < -0.3 is 16.0 Å². The summed E-state index contributed by atoms with van der Waals surface area (Å²) < 4.78 is 1.02. The number of nitrogens with one attached hydrogen (secondary N) is 1. The lowest BCUT2D eigenvalue weighted by atomic mass is 10.2. The summed E-state index contributed by atoms with van der Waals surface area (Å²) in [5.41, 5.74) is 6.77. The van der Waals surface area contributed by atoms with Crippen molar-refractivity contribution in [2.45, 2.75) is 6.54 Å². The number of nitrogens with zero attached hydrogens (tertiary/aromatic N) is 3. The minimum Gasteiger partial charge on any atom is -0.386 e. The Bertz CT molecular complexity index is 615. The van der Waals surface area contributed by atoms with Gasteiger partial charge in [-0.05, 0) is 17.7 Å². The number of amides is 1. The third-order valence-corrected chi connectivity index (χ3v) is 4.45. The van der Waals surface area contributed by atoms with E-state index in [-0.39, 0.29) is 11.5 Å². The number of carbonyl (C=O) groups excluding carboxylic acids is 1. The van der Waals surface area contributed by atoms with Crippen LogP contribution in [0.3, 0.4) is 0 Å². The zero-order valence-electron chi connectivity index (χ0n) is 13.5. The summed E-state index contributed by atoms with van der Waals surface area (Å²) >= 11 is 3.39. The molecular formula is C17H22BrN5O. The van der Waals surface area contributed by atoms with Gasteiger partial charge >= 0.3 is 0 Å². The zero-order valence-corrected chi connectivity index (χ0v) is 15.1. The van der Waals surface area contributed by atoms with Crippen LogP contribution in [0, 0.1) is 11.3 Å². The molecule has 1 aromatic carbocycles. The van der Waals surface area contributed by atoms with E-state index in [1.807, 2.05) is 30.3 Å².